The standard InChI is InChI=1S/C30H26F3N3O5S/c1-17-15-36(18(2)34-17)26-12-9-21(22-5-6-23(16-37)27(14-22)42(4,38)39)13-25(26)28-29(40-19(3)35-28)20-7-10-24(11-8-20)41-30(31,32)33/h5-15,37H,16H2,1-4H3. The van der Waals surface area contributed by atoms with Crippen molar-refractivity contribution in [2.45, 2.75) is 38.6 Å². The summed E-state index contributed by atoms with van der Waals surface area (Å²) in [5, 5.41) is 9.68. The largest absolute Gasteiger partial charge is 0.573 e. The van der Waals surface area contributed by atoms with Crippen molar-refractivity contribution in [1.82, 2.24) is 14.5 Å². The Balaban J connectivity index is 1.71. The summed E-state index contributed by atoms with van der Waals surface area (Å²) in [6, 6.07) is 15.6. The Kier molecular flexibility index (Phi) is 7.46. The van der Waals surface area contributed by atoms with Gasteiger partial charge in [-0.25, -0.2) is 18.4 Å². The summed E-state index contributed by atoms with van der Waals surface area (Å²) in [5.74, 6) is 0.997. The van der Waals surface area contributed by atoms with Gasteiger partial charge in [0.25, 0.3) is 0 Å². The molecule has 0 amide bonds. The Hall–Kier alpha value is -4.42. The quantitative estimate of drug-likeness (QED) is 0.226. The number of sulfone groups is 1. The predicted molar refractivity (Wildman–Crippen MR) is 150 cm³/mol. The summed E-state index contributed by atoms with van der Waals surface area (Å²) in [6.07, 6.45) is -1.88. The van der Waals surface area contributed by atoms with Crippen LogP contribution in [-0.4, -0.2) is 40.7 Å². The molecule has 5 rings (SSSR count). The molecule has 2 aromatic heterocycles. The minimum absolute atomic E-state index is 0.0216. The lowest BCUT2D eigenvalue weighted by Crippen LogP contribution is -2.16. The molecule has 5 aromatic rings. The van der Waals surface area contributed by atoms with E-state index in [9.17, 15) is 26.7 Å². The van der Waals surface area contributed by atoms with Crippen LogP contribution < -0.4 is 4.74 Å². The molecule has 1 N–H and O–H groups in total. The van der Waals surface area contributed by atoms with Gasteiger partial charge in [-0.15, -0.1) is 13.2 Å². The van der Waals surface area contributed by atoms with Gasteiger partial charge in [0.1, 0.15) is 17.3 Å². The Morgan fingerprint density at radius 3 is 2.17 bits per heavy atom. The van der Waals surface area contributed by atoms with Gasteiger partial charge >= 0.3 is 6.36 Å². The third-order valence-electron chi connectivity index (χ3n) is 6.57. The SMILES string of the molecule is Cc1cn(-c2ccc(-c3ccc(CO)c(S(C)(=O)=O)c3)cc2-c2nc(C)oc2-c2ccc(OC(F)(F)F)cc2)c(C)n1. The molecule has 0 saturated heterocycles. The van der Waals surface area contributed by atoms with Crippen molar-refractivity contribution < 1.29 is 35.8 Å². The molecule has 3 aromatic carbocycles. The van der Waals surface area contributed by atoms with E-state index in [4.69, 9.17) is 4.42 Å². The second-order valence-electron chi connectivity index (χ2n) is 9.77. The number of alkyl halides is 3. The molecule has 8 nitrogen and oxygen atoms in total. The second kappa shape index (κ2) is 10.8. The minimum Gasteiger partial charge on any atom is -0.440 e. The zero-order valence-electron chi connectivity index (χ0n) is 23.0. The van der Waals surface area contributed by atoms with Crippen LogP contribution in [-0.2, 0) is 16.4 Å². The van der Waals surface area contributed by atoms with E-state index in [1.807, 2.05) is 42.8 Å². The summed E-state index contributed by atoms with van der Waals surface area (Å²) in [5.41, 5.74) is 4.55. The number of aliphatic hydroxyl groups is 1. The minimum atomic E-state index is -4.82. The first kappa shape index (κ1) is 29.1. The fraction of sp³-hybridized carbons (Fsp3) is 0.200. The maximum Gasteiger partial charge on any atom is 0.573 e. The molecule has 218 valence electrons. The smallest absolute Gasteiger partial charge is 0.440 e. The van der Waals surface area contributed by atoms with E-state index in [-0.39, 0.29) is 16.2 Å². The molecule has 0 unspecified atom stereocenters. The predicted octanol–water partition coefficient (Wildman–Crippen LogP) is 6.58. The van der Waals surface area contributed by atoms with E-state index in [0.717, 1.165) is 11.9 Å². The lowest BCUT2D eigenvalue weighted by Gasteiger charge is -2.15. The first-order valence-electron chi connectivity index (χ1n) is 12.7. The summed E-state index contributed by atoms with van der Waals surface area (Å²) in [6.45, 7) is 4.95. The van der Waals surface area contributed by atoms with Crippen LogP contribution in [0.3, 0.4) is 0 Å². The first-order chi connectivity index (χ1) is 19.7. The Bertz CT molecular complexity index is 1890. The lowest BCUT2D eigenvalue weighted by atomic mass is 9.97. The highest BCUT2D eigenvalue weighted by molar-refractivity contribution is 7.90. The number of hydrogen-bond acceptors (Lipinski definition) is 7. The molecule has 0 aliphatic carbocycles. The van der Waals surface area contributed by atoms with Crippen LogP contribution in [0, 0.1) is 20.8 Å². The number of benzene rings is 3. The van der Waals surface area contributed by atoms with Crippen LogP contribution in [0.4, 0.5) is 13.2 Å². The summed E-state index contributed by atoms with van der Waals surface area (Å²) in [7, 11) is -3.63. The zero-order chi connectivity index (χ0) is 30.4. The normalized spacial score (nSPS) is 12.1. The molecule has 42 heavy (non-hydrogen) atoms. The number of rotatable bonds is 7. The molecule has 0 aliphatic rings. The van der Waals surface area contributed by atoms with Crippen molar-refractivity contribution in [3.05, 3.63) is 89.8 Å². The van der Waals surface area contributed by atoms with Gasteiger partial charge in [-0.05, 0) is 73.0 Å². The molecular weight excluding hydrogens is 571 g/mol. The molecule has 0 spiro atoms. The summed E-state index contributed by atoms with van der Waals surface area (Å²) >= 11 is 0. The van der Waals surface area contributed by atoms with E-state index in [0.29, 0.717) is 51.1 Å². The number of aliphatic hydroxyl groups excluding tert-OH is 1. The summed E-state index contributed by atoms with van der Waals surface area (Å²) < 4.78 is 74.9. The number of ether oxygens (including phenoxy) is 1. The van der Waals surface area contributed by atoms with Crippen molar-refractivity contribution in [3.8, 4) is 45.1 Å². The van der Waals surface area contributed by atoms with E-state index in [1.165, 1.54) is 30.3 Å². The van der Waals surface area contributed by atoms with Crippen molar-refractivity contribution in [2.24, 2.45) is 0 Å². The molecule has 2 heterocycles. The van der Waals surface area contributed by atoms with Crippen LogP contribution in [0.25, 0.3) is 39.4 Å². The van der Waals surface area contributed by atoms with Crippen LogP contribution in [0.5, 0.6) is 5.75 Å². The number of imidazole rings is 1. The highest BCUT2D eigenvalue weighted by atomic mass is 32.2. The fourth-order valence-electron chi connectivity index (χ4n) is 4.80. The maximum absolute atomic E-state index is 12.7. The van der Waals surface area contributed by atoms with Crippen molar-refractivity contribution in [2.75, 3.05) is 6.26 Å². The zero-order valence-corrected chi connectivity index (χ0v) is 23.8. The molecule has 0 radical (unpaired) electrons. The molecule has 0 saturated carbocycles. The third kappa shape index (κ3) is 5.95. The van der Waals surface area contributed by atoms with E-state index in [1.54, 1.807) is 19.1 Å². The van der Waals surface area contributed by atoms with Gasteiger partial charge in [-0.3, -0.25) is 0 Å². The topological polar surface area (TPSA) is 107 Å². The molecule has 0 atom stereocenters. The monoisotopic (exact) mass is 597 g/mol. The van der Waals surface area contributed by atoms with Crippen LogP contribution in [0.2, 0.25) is 0 Å². The van der Waals surface area contributed by atoms with E-state index < -0.39 is 22.8 Å². The molecule has 12 heteroatoms. The van der Waals surface area contributed by atoms with Gasteiger partial charge in [0.15, 0.2) is 21.5 Å². The van der Waals surface area contributed by atoms with Gasteiger partial charge < -0.3 is 18.8 Å². The van der Waals surface area contributed by atoms with Crippen molar-refractivity contribution in [1.29, 1.82) is 0 Å². The van der Waals surface area contributed by atoms with Gasteiger partial charge in [0.05, 0.1) is 22.9 Å². The Labute approximate surface area is 240 Å². The number of aryl methyl sites for hydroxylation is 3. The molecule has 0 bridgehead atoms. The molecular formula is C30H26F3N3O5S. The van der Waals surface area contributed by atoms with Crippen molar-refractivity contribution >= 4 is 9.84 Å². The van der Waals surface area contributed by atoms with Gasteiger partial charge in [0.2, 0.25) is 0 Å². The Morgan fingerprint density at radius 1 is 0.929 bits per heavy atom. The van der Waals surface area contributed by atoms with E-state index in [2.05, 4.69) is 14.7 Å². The average molecular weight is 598 g/mol. The summed E-state index contributed by atoms with van der Waals surface area (Å²) in [4.78, 5) is 9.17. The molecule has 0 fully saturated rings. The van der Waals surface area contributed by atoms with Crippen LogP contribution in [0.15, 0.2) is 76.2 Å². The number of halogens is 3. The first-order valence-corrected chi connectivity index (χ1v) is 14.6. The number of hydrogen-bond donors (Lipinski definition) is 1. The van der Waals surface area contributed by atoms with Gasteiger partial charge in [-0.2, -0.15) is 0 Å². The highest BCUT2D eigenvalue weighted by Crippen LogP contribution is 2.39. The van der Waals surface area contributed by atoms with E-state index >= 15 is 0 Å². The van der Waals surface area contributed by atoms with Crippen LogP contribution >= 0.6 is 0 Å². The van der Waals surface area contributed by atoms with Crippen molar-refractivity contribution in [3.63, 3.8) is 0 Å². The third-order valence-corrected chi connectivity index (χ3v) is 7.75. The fourth-order valence-corrected chi connectivity index (χ4v) is 5.75. The van der Waals surface area contributed by atoms with Crippen LogP contribution in [0.1, 0.15) is 23.0 Å². The maximum atomic E-state index is 12.7. The number of oxazole rings is 1. The lowest BCUT2D eigenvalue weighted by molar-refractivity contribution is -0.274. The van der Waals surface area contributed by atoms with Gasteiger partial charge in [0, 0.05) is 30.5 Å². The molecule has 0 aliphatic heterocycles. The second-order valence-corrected chi connectivity index (χ2v) is 11.8. The Morgan fingerprint density at radius 2 is 1.57 bits per heavy atom. The average Bonchev–Trinajstić information content (AvgIpc) is 3.47. The number of aromatic nitrogens is 3. The number of nitrogens with zero attached hydrogens (tertiary/aromatic N) is 3. The van der Waals surface area contributed by atoms with Gasteiger partial charge in [-0.1, -0.05) is 18.2 Å². The highest BCUT2D eigenvalue weighted by Gasteiger charge is 2.31.